The van der Waals surface area contributed by atoms with Gasteiger partial charge in [-0.25, -0.2) is 4.79 Å². The summed E-state index contributed by atoms with van der Waals surface area (Å²) in [4.78, 5) is 11.7. The Labute approximate surface area is 95.3 Å². The number of methoxy groups -OCH3 is 1. The zero-order valence-electron chi connectivity index (χ0n) is 10.0. The van der Waals surface area contributed by atoms with Gasteiger partial charge in [-0.2, -0.15) is 0 Å². The predicted molar refractivity (Wildman–Crippen MR) is 62.7 cm³/mol. The molecule has 0 fully saturated rings. The number of esters is 1. The summed E-state index contributed by atoms with van der Waals surface area (Å²) in [5.41, 5.74) is 7.42. The van der Waals surface area contributed by atoms with Crippen LogP contribution in [-0.2, 0) is 4.74 Å². The molecule has 0 aliphatic carbocycles. The van der Waals surface area contributed by atoms with Gasteiger partial charge in [-0.15, -0.1) is 0 Å². The highest BCUT2D eigenvalue weighted by Crippen LogP contribution is 2.25. The number of ether oxygens (including phenoxy) is 2. The van der Waals surface area contributed by atoms with Crippen molar-refractivity contribution in [3.05, 3.63) is 23.3 Å². The number of carbonyl (C=O) groups is 1. The van der Waals surface area contributed by atoms with Crippen LogP contribution in [0.25, 0.3) is 0 Å². The highest BCUT2D eigenvalue weighted by Gasteiger charge is 2.15. The van der Waals surface area contributed by atoms with Gasteiger partial charge in [0.25, 0.3) is 0 Å². The number of rotatable bonds is 3. The number of benzene rings is 1. The number of anilines is 1. The normalized spacial score (nSPS) is 10.3. The average Bonchev–Trinajstić information content (AvgIpc) is 2.20. The van der Waals surface area contributed by atoms with Crippen LogP contribution in [0.5, 0.6) is 5.75 Å². The van der Waals surface area contributed by atoms with Crippen molar-refractivity contribution < 1.29 is 14.3 Å². The third-order valence-electron chi connectivity index (χ3n) is 2.16. The Bertz CT molecular complexity index is 399. The first kappa shape index (κ1) is 12.4. The molecule has 4 nitrogen and oxygen atoms in total. The third kappa shape index (κ3) is 2.66. The van der Waals surface area contributed by atoms with Gasteiger partial charge < -0.3 is 15.2 Å². The number of hydrogen-bond donors (Lipinski definition) is 1. The van der Waals surface area contributed by atoms with Crippen LogP contribution in [0, 0.1) is 6.92 Å². The van der Waals surface area contributed by atoms with E-state index >= 15 is 0 Å². The van der Waals surface area contributed by atoms with Crippen LogP contribution < -0.4 is 10.5 Å². The van der Waals surface area contributed by atoms with Crippen molar-refractivity contribution >= 4 is 11.7 Å². The lowest BCUT2D eigenvalue weighted by molar-refractivity contribution is 0.0378. The second-order valence-corrected chi connectivity index (χ2v) is 3.86. The third-order valence-corrected chi connectivity index (χ3v) is 2.16. The van der Waals surface area contributed by atoms with Gasteiger partial charge in [-0.05, 0) is 38.5 Å². The number of carbonyl (C=O) groups excluding carboxylic acids is 1. The van der Waals surface area contributed by atoms with Gasteiger partial charge in [0.05, 0.1) is 18.8 Å². The molecule has 0 aliphatic heterocycles. The Morgan fingerprint density at radius 2 is 2.00 bits per heavy atom. The van der Waals surface area contributed by atoms with Gasteiger partial charge >= 0.3 is 5.97 Å². The highest BCUT2D eigenvalue weighted by molar-refractivity contribution is 5.96. The van der Waals surface area contributed by atoms with Crippen molar-refractivity contribution in [3.63, 3.8) is 0 Å². The van der Waals surface area contributed by atoms with E-state index in [2.05, 4.69) is 0 Å². The first-order chi connectivity index (χ1) is 7.45. The lowest BCUT2D eigenvalue weighted by Gasteiger charge is -2.12. The molecule has 4 heteroatoms. The van der Waals surface area contributed by atoms with Crippen molar-refractivity contribution in [3.8, 4) is 5.75 Å². The second-order valence-electron chi connectivity index (χ2n) is 3.86. The van der Waals surface area contributed by atoms with Gasteiger partial charge in [0.15, 0.2) is 0 Å². The molecule has 0 heterocycles. The molecule has 0 radical (unpaired) electrons. The van der Waals surface area contributed by atoms with Crippen LogP contribution in [0.1, 0.15) is 29.8 Å². The quantitative estimate of drug-likeness (QED) is 0.630. The summed E-state index contributed by atoms with van der Waals surface area (Å²) >= 11 is 0. The largest absolute Gasteiger partial charge is 0.497 e. The molecular formula is C12H17NO3. The topological polar surface area (TPSA) is 61.5 Å². The summed E-state index contributed by atoms with van der Waals surface area (Å²) in [6.45, 7) is 5.41. The van der Waals surface area contributed by atoms with E-state index in [9.17, 15) is 4.79 Å². The van der Waals surface area contributed by atoms with E-state index in [1.165, 1.54) is 0 Å². The second kappa shape index (κ2) is 4.88. The molecule has 1 rings (SSSR count). The minimum atomic E-state index is -0.422. The molecule has 0 saturated carbocycles. The van der Waals surface area contributed by atoms with E-state index in [1.807, 2.05) is 6.92 Å². The molecule has 0 aromatic heterocycles. The minimum Gasteiger partial charge on any atom is -0.497 e. The molecule has 2 N–H and O–H groups in total. The highest BCUT2D eigenvalue weighted by atomic mass is 16.5. The van der Waals surface area contributed by atoms with Crippen molar-refractivity contribution in [2.45, 2.75) is 26.9 Å². The average molecular weight is 223 g/mol. The molecule has 0 bridgehead atoms. The lowest BCUT2D eigenvalue weighted by Crippen LogP contribution is -2.14. The van der Waals surface area contributed by atoms with Gasteiger partial charge in [0.2, 0.25) is 0 Å². The maximum atomic E-state index is 11.7. The van der Waals surface area contributed by atoms with Gasteiger partial charge in [-0.3, -0.25) is 0 Å². The van der Waals surface area contributed by atoms with Crippen LogP contribution >= 0.6 is 0 Å². The number of hydrogen-bond acceptors (Lipinski definition) is 4. The minimum absolute atomic E-state index is 0.168. The Balaban J connectivity index is 3.11. The van der Waals surface area contributed by atoms with E-state index < -0.39 is 5.97 Å². The Morgan fingerprint density at radius 3 is 2.50 bits per heavy atom. The van der Waals surface area contributed by atoms with Crippen molar-refractivity contribution in [1.82, 2.24) is 0 Å². The SMILES string of the molecule is COc1cc(C)c(N)c(C(=O)OC(C)C)c1. The van der Waals surface area contributed by atoms with Crippen LogP contribution in [0.3, 0.4) is 0 Å². The summed E-state index contributed by atoms with van der Waals surface area (Å²) in [5.74, 6) is 0.178. The fraction of sp³-hybridized carbons (Fsp3) is 0.417. The monoisotopic (exact) mass is 223 g/mol. The van der Waals surface area contributed by atoms with Crippen molar-refractivity contribution in [2.24, 2.45) is 0 Å². The summed E-state index contributed by atoms with van der Waals surface area (Å²) in [6.07, 6.45) is -0.168. The zero-order valence-corrected chi connectivity index (χ0v) is 10.0. The van der Waals surface area contributed by atoms with Crippen LogP contribution in [0.2, 0.25) is 0 Å². The van der Waals surface area contributed by atoms with E-state index in [-0.39, 0.29) is 6.10 Å². The van der Waals surface area contributed by atoms with Gasteiger partial charge in [0.1, 0.15) is 5.75 Å². The van der Waals surface area contributed by atoms with Crippen molar-refractivity contribution in [1.29, 1.82) is 0 Å². The lowest BCUT2D eigenvalue weighted by atomic mass is 10.1. The number of nitrogens with two attached hydrogens (primary N) is 1. The fourth-order valence-electron chi connectivity index (χ4n) is 1.33. The molecular weight excluding hydrogens is 206 g/mol. The van der Waals surface area contributed by atoms with E-state index in [0.717, 1.165) is 5.56 Å². The Morgan fingerprint density at radius 1 is 1.38 bits per heavy atom. The molecule has 0 unspecified atom stereocenters. The molecule has 0 amide bonds. The summed E-state index contributed by atoms with van der Waals surface area (Å²) in [6, 6.07) is 3.37. The number of aryl methyl sites for hydroxylation is 1. The van der Waals surface area contributed by atoms with Crippen LogP contribution in [0.4, 0.5) is 5.69 Å². The van der Waals surface area contributed by atoms with Crippen molar-refractivity contribution in [2.75, 3.05) is 12.8 Å². The molecule has 0 spiro atoms. The van der Waals surface area contributed by atoms with E-state index in [0.29, 0.717) is 17.0 Å². The molecule has 16 heavy (non-hydrogen) atoms. The number of nitrogen functional groups attached to an aromatic ring is 1. The standard InChI is InChI=1S/C12H17NO3/c1-7(2)16-12(14)10-6-9(15-4)5-8(3)11(10)13/h5-7H,13H2,1-4H3. The molecule has 0 aliphatic rings. The first-order valence-electron chi connectivity index (χ1n) is 5.10. The molecule has 1 aromatic rings. The molecule has 88 valence electrons. The van der Waals surface area contributed by atoms with E-state index in [1.54, 1.807) is 33.1 Å². The summed E-state index contributed by atoms with van der Waals surface area (Å²) in [7, 11) is 1.54. The zero-order chi connectivity index (χ0) is 12.3. The maximum Gasteiger partial charge on any atom is 0.340 e. The predicted octanol–water partition coefficient (Wildman–Crippen LogP) is 2.15. The smallest absolute Gasteiger partial charge is 0.340 e. The Kier molecular flexibility index (Phi) is 3.77. The first-order valence-corrected chi connectivity index (χ1v) is 5.10. The molecule has 0 saturated heterocycles. The van der Waals surface area contributed by atoms with Crippen LogP contribution in [0.15, 0.2) is 12.1 Å². The Hall–Kier alpha value is -1.71. The fourth-order valence-corrected chi connectivity index (χ4v) is 1.33. The maximum absolute atomic E-state index is 11.7. The van der Waals surface area contributed by atoms with Gasteiger partial charge in [-0.1, -0.05) is 0 Å². The van der Waals surface area contributed by atoms with Crippen LogP contribution in [-0.4, -0.2) is 19.2 Å². The molecule has 0 atom stereocenters. The van der Waals surface area contributed by atoms with E-state index in [4.69, 9.17) is 15.2 Å². The van der Waals surface area contributed by atoms with Gasteiger partial charge in [0, 0.05) is 5.69 Å². The summed E-state index contributed by atoms with van der Waals surface area (Å²) in [5, 5.41) is 0. The summed E-state index contributed by atoms with van der Waals surface area (Å²) < 4.78 is 10.2. The molecule has 1 aromatic carbocycles.